The van der Waals surface area contributed by atoms with Crippen LogP contribution in [0.4, 0.5) is 0 Å². The van der Waals surface area contributed by atoms with Gasteiger partial charge in [0.05, 0.1) is 28.3 Å². The fraction of sp³-hybridized carbons (Fsp3) is 0.304. The maximum Gasteiger partial charge on any atom is 0.267 e. The lowest BCUT2D eigenvalue weighted by atomic mass is 9.59. The molecule has 0 spiro atoms. The highest BCUT2D eigenvalue weighted by Crippen LogP contribution is 2.51. The SMILES string of the molecule is Cc1cn(-c2cncc(C3(c4nncn4C)CC(C)C3)c2)c2c(C=O)cc(C(N)=O)nc12. The minimum atomic E-state index is -0.671. The van der Waals surface area contributed by atoms with Crippen molar-refractivity contribution in [1.29, 1.82) is 0 Å². The molecule has 4 heterocycles. The van der Waals surface area contributed by atoms with Gasteiger partial charge < -0.3 is 14.9 Å². The molecule has 0 atom stereocenters. The largest absolute Gasteiger partial charge is 0.364 e. The monoisotopic (exact) mass is 429 g/mol. The highest BCUT2D eigenvalue weighted by atomic mass is 16.1. The van der Waals surface area contributed by atoms with Gasteiger partial charge in [-0.3, -0.25) is 14.6 Å². The van der Waals surface area contributed by atoms with Crippen LogP contribution in [0, 0.1) is 12.8 Å². The van der Waals surface area contributed by atoms with E-state index in [2.05, 4.69) is 33.2 Å². The molecule has 4 aromatic heterocycles. The number of aldehydes is 1. The van der Waals surface area contributed by atoms with Crippen molar-refractivity contribution in [2.45, 2.75) is 32.1 Å². The number of hydrogen-bond donors (Lipinski definition) is 1. The van der Waals surface area contributed by atoms with Crippen LogP contribution in [0.3, 0.4) is 0 Å². The van der Waals surface area contributed by atoms with Crippen molar-refractivity contribution in [2.75, 3.05) is 0 Å². The summed E-state index contributed by atoms with van der Waals surface area (Å²) in [6.45, 7) is 4.12. The van der Waals surface area contributed by atoms with E-state index >= 15 is 0 Å². The number of primary amides is 1. The maximum absolute atomic E-state index is 11.9. The summed E-state index contributed by atoms with van der Waals surface area (Å²) in [5, 5.41) is 8.50. The molecule has 0 saturated heterocycles. The molecule has 1 aliphatic rings. The van der Waals surface area contributed by atoms with E-state index in [0.29, 0.717) is 22.5 Å². The number of nitrogens with zero attached hydrogens (tertiary/aromatic N) is 6. The number of pyridine rings is 2. The molecule has 9 nitrogen and oxygen atoms in total. The summed E-state index contributed by atoms with van der Waals surface area (Å²) in [6.07, 6.45) is 9.89. The van der Waals surface area contributed by atoms with Crippen LogP contribution >= 0.6 is 0 Å². The van der Waals surface area contributed by atoms with E-state index in [4.69, 9.17) is 5.73 Å². The van der Waals surface area contributed by atoms with Crippen molar-refractivity contribution in [1.82, 2.24) is 29.3 Å². The maximum atomic E-state index is 11.9. The van der Waals surface area contributed by atoms with Crippen molar-refractivity contribution in [3.8, 4) is 5.69 Å². The van der Waals surface area contributed by atoms with Crippen molar-refractivity contribution >= 4 is 23.2 Å². The van der Waals surface area contributed by atoms with Gasteiger partial charge in [-0.05, 0) is 48.9 Å². The third-order valence-corrected chi connectivity index (χ3v) is 6.43. The zero-order chi connectivity index (χ0) is 22.6. The number of aromatic nitrogens is 6. The van der Waals surface area contributed by atoms with Gasteiger partial charge in [-0.15, -0.1) is 10.2 Å². The predicted octanol–water partition coefficient (Wildman–Crippen LogP) is 2.48. The Hall–Kier alpha value is -3.88. The molecule has 0 bridgehead atoms. The van der Waals surface area contributed by atoms with Gasteiger partial charge in [0.25, 0.3) is 5.91 Å². The highest BCUT2D eigenvalue weighted by Gasteiger charge is 2.48. The van der Waals surface area contributed by atoms with Gasteiger partial charge in [-0.2, -0.15) is 0 Å². The fourth-order valence-electron chi connectivity index (χ4n) is 5.04. The Bertz CT molecular complexity index is 1380. The van der Waals surface area contributed by atoms with Gasteiger partial charge in [0.2, 0.25) is 0 Å². The summed E-state index contributed by atoms with van der Waals surface area (Å²) in [4.78, 5) is 32.5. The van der Waals surface area contributed by atoms with Crippen LogP contribution in [0.5, 0.6) is 0 Å². The molecule has 9 heteroatoms. The second-order valence-electron chi connectivity index (χ2n) is 8.75. The summed E-state index contributed by atoms with van der Waals surface area (Å²) in [6, 6.07) is 3.52. The van der Waals surface area contributed by atoms with Crippen molar-refractivity contribution in [3.05, 3.63) is 65.3 Å². The standard InChI is InChI=1S/C23H23N7O2/c1-13-6-23(7-13,22-28-26-12-29(22)3)16-5-17(9-25-8-16)30-10-14(2)19-20(30)15(11-31)4-18(27-19)21(24)32/h4-5,8-13H,6-7H2,1-3H3,(H2,24,32). The molecule has 1 fully saturated rings. The quantitative estimate of drug-likeness (QED) is 0.487. The molecule has 162 valence electrons. The van der Waals surface area contributed by atoms with Gasteiger partial charge >= 0.3 is 0 Å². The first-order valence-electron chi connectivity index (χ1n) is 10.4. The minimum Gasteiger partial charge on any atom is -0.364 e. The van der Waals surface area contributed by atoms with Crippen LogP contribution in [0.2, 0.25) is 0 Å². The topological polar surface area (TPSA) is 122 Å². The second-order valence-corrected chi connectivity index (χ2v) is 8.75. The Morgan fingerprint density at radius 3 is 2.69 bits per heavy atom. The first-order chi connectivity index (χ1) is 15.3. The normalized spacial score (nSPS) is 20.3. The summed E-state index contributed by atoms with van der Waals surface area (Å²) < 4.78 is 3.86. The number of aryl methyl sites for hydroxylation is 2. The Kier molecular flexibility index (Phi) is 4.44. The minimum absolute atomic E-state index is 0.0667. The third kappa shape index (κ3) is 2.84. The van der Waals surface area contributed by atoms with Crippen LogP contribution in [-0.2, 0) is 12.5 Å². The molecule has 0 radical (unpaired) electrons. The highest BCUT2D eigenvalue weighted by molar-refractivity contribution is 6.01. The molecule has 1 saturated carbocycles. The molecular formula is C23H23N7O2. The van der Waals surface area contributed by atoms with Gasteiger partial charge in [0.1, 0.15) is 17.8 Å². The zero-order valence-electron chi connectivity index (χ0n) is 18.1. The van der Waals surface area contributed by atoms with Gasteiger partial charge in [0, 0.05) is 25.0 Å². The van der Waals surface area contributed by atoms with Crippen LogP contribution < -0.4 is 5.73 Å². The number of hydrogen-bond acceptors (Lipinski definition) is 6. The van der Waals surface area contributed by atoms with Crippen molar-refractivity contribution in [2.24, 2.45) is 18.7 Å². The van der Waals surface area contributed by atoms with E-state index in [1.54, 1.807) is 12.5 Å². The number of carbonyl (C=O) groups is 2. The Morgan fingerprint density at radius 1 is 1.28 bits per heavy atom. The average molecular weight is 429 g/mol. The van der Waals surface area contributed by atoms with Crippen LogP contribution in [0.1, 0.15) is 57.6 Å². The van der Waals surface area contributed by atoms with Crippen molar-refractivity contribution in [3.63, 3.8) is 0 Å². The van der Waals surface area contributed by atoms with E-state index in [1.807, 2.05) is 35.5 Å². The molecule has 2 N–H and O–H groups in total. The van der Waals surface area contributed by atoms with E-state index in [-0.39, 0.29) is 11.1 Å². The fourth-order valence-corrected chi connectivity index (χ4v) is 5.04. The average Bonchev–Trinajstić information content (AvgIpc) is 3.34. The molecule has 5 rings (SSSR count). The molecule has 0 aromatic carbocycles. The van der Waals surface area contributed by atoms with Crippen LogP contribution in [0.15, 0.2) is 37.1 Å². The predicted molar refractivity (Wildman–Crippen MR) is 118 cm³/mol. The molecular weight excluding hydrogens is 406 g/mol. The Balaban J connectivity index is 1.70. The Morgan fingerprint density at radius 2 is 2.06 bits per heavy atom. The van der Waals surface area contributed by atoms with E-state index in [0.717, 1.165) is 41.8 Å². The molecule has 0 unspecified atom stereocenters. The van der Waals surface area contributed by atoms with Gasteiger partial charge in [-0.25, -0.2) is 4.98 Å². The zero-order valence-corrected chi connectivity index (χ0v) is 18.1. The number of nitrogens with two attached hydrogens (primary N) is 1. The lowest BCUT2D eigenvalue weighted by Crippen LogP contribution is -2.43. The number of rotatable bonds is 5. The van der Waals surface area contributed by atoms with E-state index < -0.39 is 5.91 Å². The van der Waals surface area contributed by atoms with Crippen LogP contribution in [0.25, 0.3) is 16.7 Å². The van der Waals surface area contributed by atoms with E-state index in [9.17, 15) is 9.59 Å². The molecule has 1 aliphatic carbocycles. The first kappa shape index (κ1) is 20.0. The lowest BCUT2D eigenvalue weighted by Gasteiger charge is -2.45. The molecule has 32 heavy (non-hydrogen) atoms. The lowest BCUT2D eigenvalue weighted by molar-refractivity contribution is 0.0996. The summed E-state index contributed by atoms with van der Waals surface area (Å²) >= 11 is 0. The first-order valence-corrected chi connectivity index (χ1v) is 10.4. The molecule has 4 aromatic rings. The molecule has 1 amide bonds. The Labute approximate surface area is 184 Å². The number of amides is 1. The summed E-state index contributed by atoms with van der Waals surface area (Å²) in [7, 11) is 1.96. The smallest absolute Gasteiger partial charge is 0.267 e. The van der Waals surface area contributed by atoms with Crippen molar-refractivity contribution < 1.29 is 9.59 Å². The second kappa shape index (κ2) is 7.08. The van der Waals surface area contributed by atoms with Gasteiger partial charge in [-0.1, -0.05) is 6.92 Å². The third-order valence-electron chi connectivity index (χ3n) is 6.43. The summed E-state index contributed by atoms with van der Waals surface area (Å²) in [5.41, 5.74) is 9.45. The molecule has 0 aliphatic heterocycles. The number of fused-ring (bicyclic) bond motifs is 1. The van der Waals surface area contributed by atoms with Crippen LogP contribution in [-0.4, -0.2) is 41.5 Å². The summed E-state index contributed by atoms with van der Waals surface area (Å²) in [5.74, 6) is 0.822. The number of carbonyl (C=O) groups excluding carboxylic acids is 2. The van der Waals surface area contributed by atoms with E-state index in [1.165, 1.54) is 6.07 Å². The van der Waals surface area contributed by atoms with Gasteiger partial charge in [0.15, 0.2) is 6.29 Å².